The Morgan fingerprint density at radius 1 is 1.22 bits per heavy atom. The van der Waals surface area contributed by atoms with Crippen LogP contribution in [0.4, 0.5) is 19.0 Å². The maximum Gasteiger partial charge on any atom is 0.419 e. The van der Waals surface area contributed by atoms with Crippen molar-refractivity contribution in [2.24, 2.45) is 5.41 Å². The van der Waals surface area contributed by atoms with E-state index in [1.807, 2.05) is 20.8 Å². The Labute approximate surface area is 212 Å². The number of carbonyl (C=O) groups is 2. The maximum absolute atomic E-state index is 13.7. The van der Waals surface area contributed by atoms with E-state index in [4.69, 9.17) is 0 Å². The van der Waals surface area contributed by atoms with Gasteiger partial charge in [-0.15, -0.1) is 5.10 Å². The lowest BCUT2D eigenvalue weighted by molar-refractivity contribution is -0.144. The van der Waals surface area contributed by atoms with Crippen LogP contribution in [0.25, 0.3) is 0 Å². The number of nitrogens with zero attached hydrogens (tertiary/aromatic N) is 5. The van der Waals surface area contributed by atoms with Crippen LogP contribution in [-0.2, 0) is 15.8 Å². The molecule has 1 aliphatic carbocycles. The predicted octanol–water partition coefficient (Wildman–Crippen LogP) is 2.35. The topological polar surface area (TPSA) is 125 Å². The van der Waals surface area contributed by atoms with Crippen molar-refractivity contribution in [3.8, 4) is 0 Å². The molecule has 3 N–H and O–H groups in total. The predicted molar refractivity (Wildman–Crippen MR) is 127 cm³/mol. The van der Waals surface area contributed by atoms with Crippen LogP contribution < -0.4 is 10.6 Å². The second-order valence-electron chi connectivity index (χ2n) is 10.7. The van der Waals surface area contributed by atoms with Gasteiger partial charge in [-0.2, -0.15) is 13.2 Å². The molecule has 1 saturated heterocycles. The Morgan fingerprint density at radius 2 is 1.95 bits per heavy atom. The van der Waals surface area contributed by atoms with E-state index < -0.39 is 41.2 Å². The zero-order valence-electron chi connectivity index (χ0n) is 21.0. The molecular formula is C24H32F3N7O3. The van der Waals surface area contributed by atoms with Gasteiger partial charge in [0.15, 0.2) is 0 Å². The van der Waals surface area contributed by atoms with Crippen LogP contribution in [0.1, 0.15) is 63.3 Å². The first-order valence-corrected chi connectivity index (χ1v) is 12.3. The number of carbonyl (C=O) groups excluding carboxylic acids is 2. The van der Waals surface area contributed by atoms with E-state index in [2.05, 4.69) is 25.9 Å². The van der Waals surface area contributed by atoms with Crippen LogP contribution in [0.15, 0.2) is 24.5 Å². The lowest BCUT2D eigenvalue weighted by Gasteiger charge is -2.34. The maximum atomic E-state index is 13.7. The smallest absolute Gasteiger partial charge is 0.391 e. The van der Waals surface area contributed by atoms with E-state index in [1.54, 1.807) is 10.9 Å². The van der Waals surface area contributed by atoms with E-state index in [1.165, 1.54) is 17.2 Å². The minimum Gasteiger partial charge on any atom is -0.391 e. The fraction of sp³-hybridized carbons (Fsp3) is 0.625. The monoisotopic (exact) mass is 523 g/mol. The highest BCUT2D eigenvalue weighted by Gasteiger charge is 2.45. The van der Waals surface area contributed by atoms with Crippen LogP contribution in [0.2, 0.25) is 0 Å². The lowest BCUT2D eigenvalue weighted by atomic mass is 9.85. The highest BCUT2D eigenvalue weighted by Crippen LogP contribution is 2.40. The van der Waals surface area contributed by atoms with Crippen molar-refractivity contribution in [1.82, 2.24) is 30.2 Å². The number of aliphatic hydroxyl groups excluding tert-OH is 1. The number of hydrogen-bond acceptors (Lipinski definition) is 7. The molecule has 3 atom stereocenters. The van der Waals surface area contributed by atoms with Gasteiger partial charge in [0, 0.05) is 44.4 Å². The Morgan fingerprint density at radius 3 is 2.59 bits per heavy atom. The first kappa shape index (κ1) is 26.8. The number of amides is 2. The number of rotatable bonds is 8. The molecule has 4 rings (SSSR count). The molecule has 2 amide bonds. The number of pyridine rings is 1. The summed E-state index contributed by atoms with van der Waals surface area (Å²) in [5, 5.41) is 24.0. The highest BCUT2D eigenvalue weighted by molar-refractivity contribution is 5.90. The number of aromatic nitrogens is 4. The van der Waals surface area contributed by atoms with Crippen molar-refractivity contribution in [3.05, 3.63) is 35.8 Å². The average molecular weight is 524 g/mol. The summed E-state index contributed by atoms with van der Waals surface area (Å²) in [5.41, 5.74) is -0.613. The molecule has 2 aliphatic rings. The normalized spacial score (nSPS) is 21.1. The fourth-order valence-electron chi connectivity index (χ4n) is 4.59. The van der Waals surface area contributed by atoms with Gasteiger partial charge in [-0.3, -0.25) is 9.59 Å². The van der Waals surface area contributed by atoms with Gasteiger partial charge in [0.1, 0.15) is 17.9 Å². The molecule has 2 aromatic rings. The Hall–Kier alpha value is -3.22. The summed E-state index contributed by atoms with van der Waals surface area (Å²) < 4.78 is 41.0. The first-order valence-electron chi connectivity index (χ1n) is 12.3. The molecule has 13 heteroatoms. The molecule has 2 fully saturated rings. The fourth-order valence-corrected chi connectivity index (χ4v) is 4.59. The quantitative estimate of drug-likeness (QED) is 0.454. The molecule has 1 aliphatic heterocycles. The summed E-state index contributed by atoms with van der Waals surface area (Å²) in [5.74, 6) is -0.807. The van der Waals surface area contributed by atoms with Gasteiger partial charge in [-0.25, -0.2) is 9.67 Å². The van der Waals surface area contributed by atoms with Crippen LogP contribution >= 0.6 is 0 Å². The third-order valence-corrected chi connectivity index (χ3v) is 6.54. The van der Waals surface area contributed by atoms with Crippen molar-refractivity contribution >= 4 is 17.6 Å². The summed E-state index contributed by atoms with van der Waals surface area (Å²) in [6, 6.07) is 0.467. The number of nitrogens with one attached hydrogen (secondary N) is 2. The molecule has 2 aromatic heterocycles. The minimum atomic E-state index is -4.56. The molecule has 37 heavy (non-hydrogen) atoms. The van der Waals surface area contributed by atoms with E-state index >= 15 is 0 Å². The van der Waals surface area contributed by atoms with Crippen molar-refractivity contribution in [2.45, 2.75) is 70.3 Å². The van der Waals surface area contributed by atoms with Crippen molar-refractivity contribution in [3.63, 3.8) is 0 Å². The third kappa shape index (κ3) is 6.20. The Balaban J connectivity index is 1.40. The van der Waals surface area contributed by atoms with Crippen LogP contribution in [0.3, 0.4) is 0 Å². The number of likely N-dealkylation sites (tertiary alicyclic amines) is 1. The summed E-state index contributed by atoms with van der Waals surface area (Å²) in [7, 11) is 0. The minimum absolute atomic E-state index is 0.00213. The largest absolute Gasteiger partial charge is 0.419 e. The zero-order chi connectivity index (χ0) is 27.0. The SMILES string of the molecule is CC(C)(C)[C@@H](C(=O)N1CC(O)CC1C(=O)NCCNc1ncccc1C(F)(F)F)n1cc(C2CC2)nn1. The zero-order valence-corrected chi connectivity index (χ0v) is 21.0. The Bertz CT molecular complexity index is 1130. The summed E-state index contributed by atoms with van der Waals surface area (Å²) in [4.78, 5) is 31.8. The number of β-amino-alcohol motifs (C(OH)–C–C–N with tert-alkyl or cyclic N) is 1. The van der Waals surface area contributed by atoms with Crippen molar-refractivity contribution in [1.29, 1.82) is 0 Å². The molecule has 0 spiro atoms. The summed E-state index contributed by atoms with van der Waals surface area (Å²) >= 11 is 0. The average Bonchev–Trinajstić information content (AvgIpc) is 3.42. The van der Waals surface area contributed by atoms with Gasteiger partial charge < -0.3 is 20.6 Å². The molecule has 10 nitrogen and oxygen atoms in total. The van der Waals surface area contributed by atoms with Gasteiger partial charge in [0.25, 0.3) is 0 Å². The number of halogens is 3. The molecular weight excluding hydrogens is 491 g/mol. The van der Waals surface area contributed by atoms with Gasteiger partial charge in [-0.05, 0) is 30.4 Å². The van der Waals surface area contributed by atoms with Crippen LogP contribution in [0.5, 0.6) is 0 Å². The molecule has 0 bridgehead atoms. The molecule has 2 unspecified atom stereocenters. The first-order chi connectivity index (χ1) is 17.4. The van der Waals surface area contributed by atoms with Gasteiger partial charge in [-0.1, -0.05) is 26.0 Å². The highest BCUT2D eigenvalue weighted by atomic mass is 19.4. The van der Waals surface area contributed by atoms with E-state index in [0.717, 1.165) is 24.6 Å². The summed E-state index contributed by atoms with van der Waals surface area (Å²) in [6.45, 7) is 5.67. The van der Waals surface area contributed by atoms with Gasteiger partial charge in [0.05, 0.1) is 17.4 Å². The van der Waals surface area contributed by atoms with E-state index in [0.29, 0.717) is 5.92 Å². The third-order valence-electron chi connectivity index (χ3n) is 6.54. The number of aliphatic hydroxyl groups is 1. The Kier molecular flexibility index (Phi) is 7.45. The van der Waals surface area contributed by atoms with Crippen LogP contribution in [0, 0.1) is 5.41 Å². The second-order valence-corrected chi connectivity index (χ2v) is 10.7. The lowest BCUT2D eigenvalue weighted by Crippen LogP contribution is -2.50. The van der Waals surface area contributed by atoms with Crippen molar-refractivity contribution in [2.75, 3.05) is 25.0 Å². The van der Waals surface area contributed by atoms with Crippen LogP contribution in [-0.4, -0.2) is 73.6 Å². The standard InChI is InChI=1S/C24H32F3N7O3/c1-23(2,3)19(34-13-17(31-32-34)14-6-7-14)22(37)33-12-15(35)11-18(33)21(36)30-10-9-29-20-16(24(25,26)27)5-4-8-28-20/h4-5,8,13-15,18-19,35H,6-7,9-12H2,1-3H3,(H,28,29)(H,30,36)/t15?,18?,19-/m1/s1. The van der Waals surface area contributed by atoms with Gasteiger partial charge >= 0.3 is 6.18 Å². The molecule has 0 aromatic carbocycles. The number of anilines is 1. The summed E-state index contributed by atoms with van der Waals surface area (Å²) in [6.07, 6.45) is -0.266. The second kappa shape index (κ2) is 10.3. The molecule has 3 heterocycles. The van der Waals surface area contributed by atoms with E-state index in [9.17, 15) is 27.9 Å². The number of alkyl halides is 3. The van der Waals surface area contributed by atoms with Gasteiger partial charge in [0.2, 0.25) is 11.8 Å². The van der Waals surface area contributed by atoms with Crippen molar-refractivity contribution < 1.29 is 27.9 Å². The van der Waals surface area contributed by atoms with E-state index in [-0.39, 0.29) is 37.8 Å². The molecule has 1 saturated carbocycles. The molecule has 0 radical (unpaired) electrons. The molecule has 202 valence electrons. The number of hydrogen-bond donors (Lipinski definition) is 3.